The molecule has 0 saturated carbocycles. The van der Waals surface area contributed by atoms with E-state index < -0.39 is 29.3 Å². The minimum absolute atomic E-state index is 0.0353. The van der Waals surface area contributed by atoms with E-state index in [0.717, 1.165) is 34.3 Å². The highest BCUT2D eigenvalue weighted by Gasteiger charge is 2.52. The lowest BCUT2D eigenvalue weighted by Gasteiger charge is -2.42. The van der Waals surface area contributed by atoms with Gasteiger partial charge in [0.05, 0.1) is 29.8 Å². The van der Waals surface area contributed by atoms with Crippen molar-refractivity contribution >= 4 is 97.9 Å². The van der Waals surface area contributed by atoms with Crippen molar-refractivity contribution in [3.05, 3.63) is 0 Å². The third-order valence-corrected chi connectivity index (χ3v) is 23.9. The van der Waals surface area contributed by atoms with Gasteiger partial charge in [0, 0.05) is 49.2 Å². The lowest BCUT2D eigenvalue weighted by molar-refractivity contribution is -0.151. The van der Waals surface area contributed by atoms with Gasteiger partial charge < -0.3 is 29.9 Å². The van der Waals surface area contributed by atoms with Crippen molar-refractivity contribution in [3.63, 3.8) is 0 Å². The summed E-state index contributed by atoms with van der Waals surface area (Å²) < 4.78 is 7.06. The highest BCUT2D eigenvalue weighted by Crippen LogP contribution is 2.56. The van der Waals surface area contributed by atoms with Crippen LogP contribution in [0.4, 0.5) is 0 Å². The van der Waals surface area contributed by atoms with Crippen LogP contribution in [0.25, 0.3) is 0 Å². The molecule has 76 heavy (non-hydrogen) atoms. The molecule has 0 fully saturated rings. The lowest BCUT2D eigenvalue weighted by Crippen LogP contribution is -2.48. The molecule has 3 N–H and O–H groups in total. The van der Waals surface area contributed by atoms with Crippen LogP contribution in [0.5, 0.6) is 0 Å². The largest absolute Gasteiger partial charge is 0.463 e. The summed E-state index contributed by atoms with van der Waals surface area (Å²) in [4.78, 5) is 19.2. The zero-order chi connectivity index (χ0) is 57.3. The fourth-order valence-corrected chi connectivity index (χ4v) is 18.3. The molecule has 4 atom stereocenters. The van der Waals surface area contributed by atoms with Crippen LogP contribution in [0.2, 0.25) is 0 Å². The van der Waals surface area contributed by atoms with E-state index in [9.17, 15) is 15.3 Å². The lowest BCUT2D eigenvalue weighted by atomic mass is 9.93. The van der Waals surface area contributed by atoms with E-state index in [1.807, 2.05) is 85.0 Å². The van der Waals surface area contributed by atoms with Gasteiger partial charge in [0.1, 0.15) is 15.2 Å². The van der Waals surface area contributed by atoms with Crippen molar-refractivity contribution in [1.82, 2.24) is 9.80 Å². The van der Waals surface area contributed by atoms with Crippen LogP contribution in [0, 0.1) is 5.41 Å². The zero-order valence-corrected chi connectivity index (χ0v) is 57.3. The molecule has 0 aliphatic heterocycles. The number of esters is 1. The first kappa shape index (κ1) is 78.9. The monoisotopic (exact) mass is 1200 g/mol. The number of hydrogen-bond donors (Lipinski definition) is 3. The molecule has 0 aromatic heterocycles. The molecule has 0 saturated heterocycles. The maximum Gasteiger partial charge on any atom is 0.334 e. The molecule has 0 aromatic carbocycles. The molecule has 4 unspecified atom stereocenters. The number of thiocarbonyl (C=S) groups is 2. The van der Waals surface area contributed by atoms with Crippen LogP contribution in [0.15, 0.2) is 0 Å². The Morgan fingerprint density at radius 1 is 0.434 bits per heavy atom. The number of ether oxygens (including phenoxy) is 1. The number of aliphatic hydroxyl groups excluding tert-OH is 3. The van der Waals surface area contributed by atoms with Crippen LogP contribution in [0.1, 0.15) is 287 Å². The highest BCUT2D eigenvalue weighted by molar-refractivity contribution is 8.37. The van der Waals surface area contributed by atoms with Gasteiger partial charge in [0.25, 0.3) is 0 Å². The van der Waals surface area contributed by atoms with E-state index in [4.69, 9.17) is 29.2 Å². The van der Waals surface area contributed by atoms with Crippen LogP contribution in [-0.2, 0) is 9.53 Å². The summed E-state index contributed by atoms with van der Waals surface area (Å²) in [6.45, 7) is 17.1. The molecule has 0 bridgehead atoms. The molecule has 454 valence electrons. The molecule has 0 heterocycles. The first-order chi connectivity index (χ1) is 36.5. The third kappa shape index (κ3) is 42.7. The topological polar surface area (TPSA) is 93.5 Å². The van der Waals surface area contributed by atoms with E-state index in [-0.39, 0.29) is 27.7 Å². The number of aliphatic hydroxyl groups is 3. The van der Waals surface area contributed by atoms with Crippen molar-refractivity contribution in [1.29, 1.82) is 0 Å². The molecule has 0 radical (unpaired) electrons. The van der Waals surface area contributed by atoms with Crippen molar-refractivity contribution in [2.45, 2.75) is 316 Å². The van der Waals surface area contributed by atoms with E-state index in [2.05, 4.69) is 55.4 Å². The minimum Gasteiger partial charge on any atom is -0.463 e. The standard InChI is InChI=1S/C56H112O5S4.C6H12N2S3/c1-9-13-17-21-25-29-33-37-41-49(5)62-54(63-50(6)42-38-34-30-26-22-18-14-10-2)56(53(60)61-48-55(45-57,46-58)47-59,64-51(7)43-39-35-31-27-23-19-15-11-3)65-52(8)44-40-36-32-28-24-20-16-12-4;1-7(2)5(9)11-6(10)8(3)4/h49-52,54,57-59H,9-48H2,1-8H3;1-4H3. The molecular formula is C62H124N2O5S7. The zero-order valence-electron chi connectivity index (χ0n) is 51.6. The molecule has 0 amide bonds. The normalized spacial score (nSPS) is 14.5. The summed E-state index contributed by atoms with van der Waals surface area (Å²) in [6.07, 6.45) is 46.0. The molecule has 14 heteroatoms. The maximum atomic E-state index is 15.4. The average molecular weight is 1200 g/mol. The van der Waals surface area contributed by atoms with Crippen LogP contribution >= 0.6 is 83.2 Å². The number of unbranched alkanes of at least 4 members (excludes halogenated alkanes) is 28. The Kier molecular flexibility index (Phi) is 55.9. The average Bonchev–Trinajstić information content (AvgIpc) is 3.39. The van der Waals surface area contributed by atoms with Gasteiger partial charge in [-0.15, -0.1) is 47.0 Å². The van der Waals surface area contributed by atoms with Gasteiger partial charge in [-0.3, -0.25) is 0 Å². The van der Waals surface area contributed by atoms with Gasteiger partial charge in [-0.2, -0.15) is 0 Å². The van der Waals surface area contributed by atoms with Crippen molar-refractivity contribution in [3.8, 4) is 0 Å². The Morgan fingerprint density at radius 2 is 0.684 bits per heavy atom. The smallest absolute Gasteiger partial charge is 0.334 e. The molecule has 0 spiro atoms. The van der Waals surface area contributed by atoms with E-state index in [0.29, 0.717) is 10.5 Å². The van der Waals surface area contributed by atoms with Crippen molar-refractivity contribution < 1.29 is 24.9 Å². The van der Waals surface area contributed by atoms with Crippen LogP contribution in [0.3, 0.4) is 0 Å². The number of nitrogens with zero attached hydrogens (tertiary/aromatic N) is 2. The second-order valence-electron chi connectivity index (χ2n) is 22.8. The minimum atomic E-state index is -1.27. The number of thioether (sulfide) groups is 5. The van der Waals surface area contributed by atoms with E-state index >= 15 is 4.79 Å². The number of hydrogen-bond acceptors (Lipinski definition) is 12. The van der Waals surface area contributed by atoms with Gasteiger partial charge in [-0.05, 0) is 37.4 Å². The molecule has 0 aliphatic rings. The summed E-state index contributed by atoms with van der Waals surface area (Å²) in [5.41, 5.74) is -1.27. The summed E-state index contributed by atoms with van der Waals surface area (Å²) in [5, 5.41) is 32.4. The fraction of sp³-hybridized carbons (Fsp3) is 0.952. The summed E-state index contributed by atoms with van der Waals surface area (Å²) in [7, 11) is 7.64. The number of carbonyl (C=O) groups is 1. The molecule has 0 rings (SSSR count). The molecule has 0 aromatic rings. The Labute approximate surface area is 505 Å². The first-order valence-electron chi connectivity index (χ1n) is 31.2. The predicted octanol–water partition coefficient (Wildman–Crippen LogP) is 19.5. The SMILES string of the molecule is CCCCCCCCCCC(C)SC(SC(C)CCCCCCCCCC)C(SC(C)CCCCCCCCCC)(SC(C)CCCCCCCCCC)C(=O)OCC(CO)(CO)CO.CN(C)C(=S)SC(=S)N(C)C. The van der Waals surface area contributed by atoms with Crippen LogP contribution in [-0.4, -0.2) is 124 Å². The Morgan fingerprint density at radius 3 is 0.934 bits per heavy atom. The maximum absolute atomic E-state index is 15.4. The Bertz CT molecular complexity index is 1250. The predicted molar refractivity (Wildman–Crippen MR) is 358 cm³/mol. The summed E-state index contributed by atoms with van der Waals surface area (Å²) >= 11 is 19.3. The van der Waals surface area contributed by atoms with E-state index in [1.165, 1.54) is 217 Å². The molecule has 0 aliphatic carbocycles. The van der Waals surface area contributed by atoms with Crippen molar-refractivity contribution in [2.24, 2.45) is 5.41 Å². The quantitative estimate of drug-likeness (QED) is 0.0234. The Balaban J connectivity index is 0. The van der Waals surface area contributed by atoms with Gasteiger partial charge in [-0.1, -0.05) is 285 Å². The molecule has 7 nitrogen and oxygen atoms in total. The summed E-state index contributed by atoms with van der Waals surface area (Å²) in [6, 6.07) is 0. The van der Waals surface area contributed by atoms with E-state index in [1.54, 1.807) is 0 Å². The van der Waals surface area contributed by atoms with Crippen LogP contribution < -0.4 is 0 Å². The highest BCUT2D eigenvalue weighted by atomic mass is 32.2. The Hall–Kier alpha value is 0.880. The second kappa shape index (κ2) is 53.9. The second-order valence-corrected chi connectivity index (χ2v) is 32.1. The van der Waals surface area contributed by atoms with Gasteiger partial charge in [-0.25, -0.2) is 4.79 Å². The molecular weight excluding hydrogens is 1080 g/mol. The summed E-state index contributed by atoms with van der Waals surface area (Å²) in [5.74, 6) is -0.235. The number of carbonyl (C=O) groups excluding carboxylic acids is 1. The third-order valence-electron chi connectivity index (χ3n) is 14.3. The fourth-order valence-electron chi connectivity index (χ4n) is 8.94. The van der Waals surface area contributed by atoms with Gasteiger partial charge >= 0.3 is 5.97 Å². The first-order valence-corrected chi connectivity index (χ1v) is 36.5. The van der Waals surface area contributed by atoms with Crippen molar-refractivity contribution in [2.75, 3.05) is 54.6 Å². The van der Waals surface area contributed by atoms with Gasteiger partial charge in [0.15, 0.2) is 4.08 Å². The number of rotatable bonds is 51. The van der Waals surface area contributed by atoms with Gasteiger partial charge in [0.2, 0.25) is 0 Å².